The summed E-state index contributed by atoms with van der Waals surface area (Å²) >= 11 is 1.46. The van der Waals surface area contributed by atoms with E-state index in [2.05, 4.69) is 15.6 Å². The number of carbonyl (C=O) groups is 2. The molecule has 0 aromatic carbocycles. The van der Waals surface area contributed by atoms with Gasteiger partial charge in [-0.25, -0.2) is 9.78 Å². The highest BCUT2D eigenvalue weighted by atomic mass is 32.1. The van der Waals surface area contributed by atoms with Crippen LogP contribution in [0.2, 0.25) is 0 Å². The molecular formula is C14H21N3O3S. The maximum Gasteiger partial charge on any atom is 0.321 e. The van der Waals surface area contributed by atoms with Gasteiger partial charge in [0, 0.05) is 10.9 Å². The Balaban J connectivity index is 1.87. The number of thiazole rings is 1. The highest BCUT2D eigenvalue weighted by Gasteiger charge is 2.27. The standard InChI is InChI=1S/C14H21N3O3S/c1-3-11-8(2)21-14(16-11)17-13(20)15-10-6-4-5-9(7-10)12(18)19/h9-10H,3-7H2,1-2H3,(H,18,19)(H2,15,16,17,20). The molecule has 2 amide bonds. The minimum Gasteiger partial charge on any atom is -0.481 e. The molecule has 0 saturated heterocycles. The van der Waals surface area contributed by atoms with Gasteiger partial charge in [0.2, 0.25) is 0 Å². The Morgan fingerprint density at radius 2 is 2.19 bits per heavy atom. The van der Waals surface area contributed by atoms with Crippen LogP contribution in [0, 0.1) is 12.8 Å². The van der Waals surface area contributed by atoms with E-state index in [0.717, 1.165) is 29.8 Å². The number of carbonyl (C=O) groups excluding carboxylic acids is 1. The Labute approximate surface area is 128 Å². The summed E-state index contributed by atoms with van der Waals surface area (Å²) in [6.07, 6.45) is 3.70. The lowest BCUT2D eigenvalue weighted by Gasteiger charge is -2.27. The molecule has 3 N–H and O–H groups in total. The van der Waals surface area contributed by atoms with Crippen molar-refractivity contribution < 1.29 is 14.7 Å². The second-order valence-electron chi connectivity index (χ2n) is 5.37. The van der Waals surface area contributed by atoms with Crippen molar-refractivity contribution >= 4 is 28.5 Å². The zero-order chi connectivity index (χ0) is 15.4. The van der Waals surface area contributed by atoms with Crippen molar-refractivity contribution in [1.29, 1.82) is 0 Å². The Hall–Kier alpha value is -1.63. The molecule has 0 aliphatic heterocycles. The number of hydrogen-bond acceptors (Lipinski definition) is 4. The van der Waals surface area contributed by atoms with Gasteiger partial charge in [-0.3, -0.25) is 10.1 Å². The lowest BCUT2D eigenvalue weighted by molar-refractivity contribution is -0.143. The smallest absolute Gasteiger partial charge is 0.321 e. The van der Waals surface area contributed by atoms with Crippen LogP contribution in [0.3, 0.4) is 0 Å². The van der Waals surface area contributed by atoms with Gasteiger partial charge in [0.15, 0.2) is 5.13 Å². The highest BCUT2D eigenvalue weighted by Crippen LogP contribution is 2.25. The van der Waals surface area contributed by atoms with Crippen molar-refractivity contribution in [2.45, 2.75) is 52.0 Å². The molecule has 21 heavy (non-hydrogen) atoms. The third kappa shape index (κ3) is 4.17. The molecule has 116 valence electrons. The lowest BCUT2D eigenvalue weighted by Crippen LogP contribution is -2.42. The average molecular weight is 311 g/mol. The van der Waals surface area contributed by atoms with Crippen molar-refractivity contribution in [3.63, 3.8) is 0 Å². The molecule has 0 radical (unpaired) electrons. The monoisotopic (exact) mass is 311 g/mol. The van der Waals surface area contributed by atoms with Crippen LogP contribution in [0.4, 0.5) is 9.93 Å². The van der Waals surface area contributed by atoms with Gasteiger partial charge in [0.05, 0.1) is 11.6 Å². The van der Waals surface area contributed by atoms with Gasteiger partial charge < -0.3 is 10.4 Å². The highest BCUT2D eigenvalue weighted by molar-refractivity contribution is 7.15. The van der Waals surface area contributed by atoms with Crippen molar-refractivity contribution in [3.05, 3.63) is 10.6 Å². The SMILES string of the molecule is CCc1nc(NC(=O)NC2CCCC(C(=O)O)C2)sc1C. The van der Waals surface area contributed by atoms with Gasteiger partial charge in [0.1, 0.15) is 0 Å². The number of nitrogens with one attached hydrogen (secondary N) is 2. The van der Waals surface area contributed by atoms with Crippen molar-refractivity contribution in [2.75, 3.05) is 5.32 Å². The first kappa shape index (κ1) is 15.8. The van der Waals surface area contributed by atoms with E-state index in [1.165, 1.54) is 11.3 Å². The Bertz CT molecular complexity index is 530. The Kier molecular flexibility index (Phi) is 5.17. The first-order chi connectivity index (χ1) is 9.99. The topological polar surface area (TPSA) is 91.3 Å². The van der Waals surface area contributed by atoms with E-state index < -0.39 is 5.97 Å². The number of aliphatic carboxylic acids is 1. The maximum absolute atomic E-state index is 12.0. The molecule has 2 unspecified atom stereocenters. The number of hydrogen-bond donors (Lipinski definition) is 3. The first-order valence-electron chi connectivity index (χ1n) is 7.26. The molecule has 2 rings (SSSR count). The number of amides is 2. The number of rotatable bonds is 4. The molecule has 1 aliphatic carbocycles. The van der Waals surface area contributed by atoms with E-state index in [-0.39, 0.29) is 18.0 Å². The van der Waals surface area contributed by atoms with E-state index in [1.807, 2.05) is 13.8 Å². The lowest BCUT2D eigenvalue weighted by atomic mass is 9.86. The summed E-state index contributed by atoms with van der Waals surface area (Å²) in [4.78, 5) is 28.4. The summed E-state index contributed by atoms with van der Waals surface area (Å²) in [5.74, 6) is -1.12. The van der Waals surface area contributed by atoms with E-state index in [9.17, 15) is 9.59 Å². The molecule has 1 heterocycles. The van der Waals surface area contributed by atoms with Crippen LogP contribution in [0.1, 0.15) is 43.2 Å². The summed E-state index contributed by atoms with van der Waals surface area (Å²) in [5, 5.41) is 15.2. The van der Waals surface area contributed by atoms with Crippen LogP contribution in [0.25, 0.3) is 0 Å². The maximum atomic E-state index is 12.0. The number of carboxylic acids is 1. The van der Waals surface area contributed by atoms with Gasteiger partial charge in [-0.1, -0.05) is 13.3 Å². The number of aromatic nitrogens is 1. The van der Waals surface area contributed by atoms with E-state index >= 15 is 0 Å². The molecule has 0 spiro atoms. The second-order valence-corrected chi connectivity index (χ2v) is 6.58. The van der Waals surface area contributed by atoms with Crippen molar-refractivity contribution in [1.82, 2.24) is 10.3 Å². The largest absolute Gasteiger partial charge is 0.481 e. The predicted octanol–water partition coefficient (Wildman–Crippen LogP) is 2.78. The van der Waals surface area contributed by atoms with Gasteiger partial charge in [-0.15, -0.1) is 11.3 Å². The number of nitrogens with zero attached hydrogens (tertiary/aromatic N) is 1. The minimum atomic E-state index is -0.773. The van der Waals surface area contributed by atoms with E-state index in [4.69, 9.17) is 5.11 Å². The molecule has 7 heteroatoms. The van der Waals surface area contributed by atoms with Gasteiger partial charge in [-0.2, -0.15) is 0 Å². The van der Waals surface area contributed by atoms with Gasteiger partial charge in [-0.05, 0) is 32.6 Å². The molecule has 2 atom stereocenters. The van der Waals surface area contributed by atoms with E-state index in [1.54, 1.807) is 0 Å². The van der Waals surface area contributed by atoms with Gasteiger partial charge in [0.25, 0.3) is 0 Å². The number of anilines is 1. The van der Waals surface area contributed by atoms with E-state index in [0.29, 0.717) is 18.0 Å². The molecule has 1 aliphatic rings. The fraction of sp³-hybridized carbons (Fsp3) is 0.643. The summed E-state index contributed by atoms with van der Waals surface area (Å²) in [7, 11) is 0. The molecule has 0 bridgehead atoms. The van der Waals surface area contributed by atoms with Crippen LogP contribution in [0.15, 0.2) is 0 Å². The molecule has 1 saturated carbocycles. The van der Waals surface area contributed by atoms with Crippen molar-refractivity contribution in [2.24, 2.45) is 5.92 Å². The second kappa shape index (κ2) is 6.89. The third-order valence-corrected chi connectivity index (χ3v) is 4.74. The molecular weight excluding hydrogens is 290 g/mol. The summed E-state index contributed by atoms with van der Waals surface area (Å²) in [6, 6.07) is -0.381. The summed E-state index contributed by atoms with van der Waals surface area (Å²) in [6.45, 7) is 4.01. The van der Waals surface area contributed by atoms with Gasteiger partial charge >= 0.3 is 12.0 Å². The van der Waals surface area contributed by atoms with Crippen LogP contribution < -0.4 is 10.6 Å². The summed E-state index contributed by atoms with van der Waals surface area (Å²) < 4.78 is 0. The van der Waals surface area contributed by atoms with Crippen LogP contribution in [-0.2, 0) is 11.2 Å². The quantitative estimate of drug-likeness (QED) is 0.797. The number of aryl methyl sites for hydroxylation is 2. The first-order valence-corrected chi connectivity index (χ1v) is 8.07. The normalized spacial score (nSPS) is 21.8. The Morgan fingerprint density at radius 1 is 1.43 bits per heavy atom. The fourth-order valence-corrected chi connectivity index (χ4v) is 3.57. The molecule has 6 nitrogen and oxygen atoms in total. The minimum absolute atomic E-state index is 0.0773. The predicted molar refractivity (Wildman–Crippen MR) is 81.8 cm³/mol. The Morgan fingerprint density at radius 3 is 2.81 bits per heavy atom. The molecule has 1 fully saturated rings. The molecule has 1 aromatic rings. The van der Waals surface area contributed by atoms with Crippen molar-refractivity contribution in [3.8, 4) is 0 Å². The average Bonchev–Trinajstić information content (AvgIpc) is 2.78. The number of urea groups is 1. The zero-order valence-corrected chi connectivity index (χ0v) is 13.1. The third-order valence-electron chi connectivity index (χ3n) is 3.81. The molecule has 1 aromatic heterocycles. The van der Waals surface area contributed by atoms with Crippen LogP contribution in [0.5, 0.6) is 0 Å². The van der Waals surface area contributed by atoms with Crippen LogP contribution in [-0.4, -0.2) is 28.1 Å². The number of carboxylic acid groups (broad SMARTS) is 1. The summed E-state index contributed by atoms with van der Waals surface area (Å²) in [5.41, 5.74) is 0.999. The zero-order valence-electron chi connectivity index (χ0n) is 12.3. The van der Waals surface area contributed by atoms with Crippen LogP contribution >= 0.6 is 11.3 Å². The fourth-order valence-electron chi connectivity index (χ4n) is 2.67.